The highest BCUT2D eigenvalue weighted by atomic mass is 15.0. The van der Waals surface area contributed by atoms with Gasteiger partial charge in [-0.3, -0.25) is 0 Å². The maximum atomic E-state index is 10.3. The number of hydrogen-bond acceptors (Lipinski definition) is 2. The molecule has 0 aliphatic carbocycles. The summed E-state index contributed by atoms with van der Waals surface area (Å²) in [6, 6.07) is 46.2. The highest BCUT2D eigenvalue weighted by Gasteiger charge is 2.20. The van der Waals surface area contributed by atoms with Gasteiger partial charge in [-0.2, -0.15) is 10.5 Å². The van der Waals surface area contributed by atoms with Gasteiger partial charge < -0.3 is 9.13 Å². The van der Waals surface area contributed by atoms with E-state index in [-0.39, 0.29) is 0 Å². The number of rotatable bonds is 2. The third-order valence-electron chi connectivity index (χ3n) is 7.95. The maximum absolute atomic E-state index is 10.3. The molecule has 0 saturated heterocycles. The molecule has 40 heavy (non-hydrogen) atoms. The first kappa shape index (κ1) is 22.2. The van der Waals surface area contributed by atoms with Crippen molar-refractivity contribution in [2.45, 2.75) is 0 Å². The SMILES string of the molecule is N#Cc1cc(-n2c3ccccc3c3cc4ccccc4cc32)cc(-n2c3ccccc3c3ccccc32)c1C#N. The van der Waals surface area contributed by atoms with Crippen LogP contribution >= 0.6 is 0 Å². The van der Waals surface area contributed by atoms with Crippen LogP contribution in [0.25, 0.3) is 65.8 Å². The second kappa shape index (κ2) is 8.33. The number of nitriles is 2. The van der Waals surface area contributed by atoms with Crippen LogP contribution in [0.3, 0.4) is 0 Å². The van der Waals surface area contributed by atoms with E-state index in [1.54, 1.807) is 0 Å². The molecule has 0 aliphatic heterocycles. The van der Waals surface area contributed by atoms with Gasteiger partial charge in [0.2, 0.25) is 0 Å². The number of para-hydroxylation sites is 3. The van der Waals surface area contributed by atoms with Crippen molar-refractivity contribution < 1.29 is 0 Å². The van der Waals surface area contributed by atoms with Crippen LogP contribution in [0.2, 0.25) is 0 Å². The van der Waals surface area contributed by atoms with Gasteiger partial charge in [-0.15, -0.1) is 0 Å². The van der Waals surface area contributed by atoms with Crippen LogP contribution in [-0.4, -0.2) is 9.13 Å². The van der Waals surface area contributed by atoms with E-state index < -0.39 is 0 Å². The molecule has 8 rings (SSSR count). The van der Waals surface area contributed by atoms with Gasteiger partial charge in [0.25, 0.3) is 0 Å². The summed E-state index contributed by atoms with van der Waals surface area (Å²) in [4.78, 5) is 0. The molecule has 4 heteroatoms. The van der Waals surface area contributed by atoms with Crippen molar-refractivity contribution in [2.24, 2.45) is 0 Å². The lowest BCUT2D eigenvalue weighted by molar-refractivity contribution is 1.12. The van der Waals surface area contributed by atoms with Gasteiger partial charge in [-0.25, -0.2) is 0 Å². The Labute approximate surface area is 229 Å². The molecule has 0 fully saturated rings. The van der Waals surface area contributed by atoms with Gasteiger partial charge in [0.1, 0.15) is 12.1 Å². The first-order valence-corrected chi connectivity index (χ1v) is 13.2. The van der Waals surface area contributed by atoms with Crippen LogP contribution in [0.4, 0.5) is 0 Å². The molecule has 0 saturated carbocycles. The van der Waals surface area contributed by atoms with Crippen molar-refractivity contribution in [3.05, 3.63) is 132 Å². The van der Waals surface area contributed by atoms with E-state index in [1.807, 2.05) is 36.4 Å². The predicted molar refractivity (Wildman–Crippen MR) is 162 cm³/mol. The Hall–Kier alpha value is -5.84. The van der Waals surface area contributed by atoms with E-state index in [2.05, 4.69) is 106 Å². The minimum Gasteiger partial charge on any atom is -0.309 e. The van der Waals surface area contributed by atoms with Crippen LogP contribution < -0.4 is 0 Å². The molecule has 4 nitrogen and oxygen atoms in total. The Bertz CT molecular complexity index is 2350. The van der Waals surface area contributed by atoms with E-state index in [0.717, 1.165) is 54.7 Å². The van der Waals surface area contributed by atoms with Gasteiger partial charge in [0.05, 0.1) is 38.9 Å². The minimum absolute atomic E-state index is 0.351. The largest absolute Gasteiger partial charge is 0.309 e. The first-order chi connectivity index (χ1) is 19.8. The average molecular weight is 509 g/mol. The van der Waals surface area contributed by atoms with E-state index in [9.17, 15) is 10.5 Å². The van der Waals surface area contributed by atoms with Crippen molar-refractivity contribution in [1.82, 2.24) is 9.13 Å². The Kier molecular flexibility index (Phi) is 4.62. The summed E-state index contributed by atoms with van der Waals surface area (Å²) in [5, 5.41) is 27.4. The third kappa shape index (κ3) is 2.99. The Morgan fingerprint density at radius 2 is 0.975 bits per heavy atom. The Balaban J connectivity index is 1.54. The highest BCUT2D eigenvalue weighted by Crippen LogP contribution is 2.38. The van der Waals surface area contributed by atoms with Gasteiger partial charge in [-0.1, -0.05) is 78.9 Å². The zero-order valence-corrected chi connectivity index (χ0v) is 21.3. The number of benzene rings is 6. The Morgan fingerprint density at radius 1 is 0.450 bits per heavy atom. The molecule has 0 spiro atoms. The first-order valence-electron chi connectivity index (χ1n) is 13.2. The van der Waals surface area contributed by atoms with Crippen LogP contribution in [-0.2, 0) is 0 Å². The molecule has 2 aromatic heterocycles. The molecule has 0 amide bonds. The van der Waals surface area contributed by atoms with E-state index in [4.69, 9.17) is 0 Å². The smallest absolute Gasteiger partial charge is 0.103 e. The quantitative estimate of drug-likeness (QED) is 0.234. The fraction of sp³-hybridized carbons (Fsp3) is 0. The van der Waals surface area contributed by atoms with Gasteiger partial charge in [-0.05, 0) is 53.2 Å². The number of hydrogen-bond donors (Lipinski definition) is 0. The molecule has 184 valence electrons. The van der Waals surface area contributed by atoms with Crippen LogP contribution in [0.15, 0.2) is 121 Å². The highest BCUT2D eigenvalue weighted by molar-refractivity contribution is 6.14. The van der Waals surface area contributed by atoms with Crippen LogP contribution in [0.1, 0.15) is 11.1 Å². The summed E-state index contributed by atoms with van der Waals surface area (Å²) in [6.45, 7) is 0. The lowest BCUT2D eigenvalue weighted by Gasteiger charge is -2.15. The van der Waals surface area contributed by atoms with Gasteiger partial charge in [0.15, 0.2) is 0 Å². The number of fused-ring (bicyclic) bond motifs is 7. The van der Waals surface area contributed by atoms with E-state index >= 15 is 0 Å². The zero-order chi connectivity index (χ0) is 26.8. The molecular formula is C36H20N4. The maximum Gasteiger partial charge on any atom is 0.103 e. The predicted octanol–water partition coefficient (Wildman–Crippen LogP) is 8.78. The second-order valence-electron chi connectivity index (χ2n) is 10.0. The van der Waals surface area contributed by atoms with E-state index in [1.165, 1.54) is 5.39 Å². The second-order valence-corrected chi connectivity index (χ2v) is 10.0. The molecule has 0 aliphatic rings. The molecule has 0 N–H and O–H groups in total. The molecule has 0 bridgehead atoms. The molecule has 8 aromatic rings. The summed E-state index contributed by atoms with van der Waals surface area (Å²) in [5.41, 5.74) is 6.35. The normalized spacial score (nSPS) is 11.4. The molecule has 2 heterocycles. The standard InChI is InChI=1S/C36H20N4/c37-21-25-17-26(39-32-14-6-5-13-29(32)30-18-23-9-1-2-10-24(23)19-35(30)39)20-36(31(25)22-38)40-33-15-7-3-11-27(33)28-12-4-8-16-34(28)40/h1-20H. The zero-order valence-electron chi connectivity index (χ0n) is 21.3. The fourth-order valence-electron chi connectivity index (χ4n) is 6.24. The van der Waals surface area contributed by atoms with Crippen LogP contribution in [0.5, 0.6) is 0 Å². The molecular weight excluding hydrogens is 488 g/mol. The average Bonchev–Trinajstić information content (AvgIpc) is 3.51. The topological polar surface area (TPSA) is 57.4 Å². The summed E-state index contributed by atoms with van der Waals surface area (Å²) < 4.78 is 4.34. The molecule has 6 aromatic carbocycles. The monoisotopic (exact) mass is 508 g/mol. The number of nitrogens with zero attached hydrogens (tertiary/aromatic N) is 4. The Morgan fingerprint density at radius 3 is 1.57 bits per heavy atom. The van der Waals surface area contributed by atoms with Gasteiger partial charge >= 0.3 is 0 Å². The summed E-state index contributed by atoms with van der Waals surface area (Å²) in [6.07, 6.45) is 0. The summed E-state index contributed by atoms with van der Waals surface area (Å²) in [5.74, 6) is 0. The fourth-order valence-corrected chi connectivity index (χ4v) is 6.24. The van der Waals surface area contributed by atoms with Crippen LogP contribution in [0, 0.1) is 22.7 Å². The minimum atomic E-state index is 0.351. The van der Waals surface area contributed by atoms with E-state index in [0.29, 0.717) is 16.8 Å². The summed E-state index contributed by atoms with van der Waals surface area (Å²) in [7, 11) is 0. The molecule has 0 radical (unpaired) electrons. The van der Waals surface area contributed by atoms with Crippen molar-refractivity contribution in [1.29, 1.82) is 10.5 Å². The molecule has 0 unspecified atom stereocenters. The lowest BCUT2D eigenvalue weighted by atomic mass is 10.0. The van der Waals surface area contributed by atoms with Crippen molar-refractivity contribution in [3.63, 3.8) is 0 Å². The number of aromatic nitrogens is 2. The van der Waals surface area contributed by atoms with Gasteiger partial charge in [0, 0.05) is 27.2 Å². The van der Waals surface area contributed by atoms with Crippen molar-refractivity contribution in [2.75, 3.05) is 0 Å². The van der Waals surface area contributed by atoms with Crippen molar-refractivity contribution >= 4 is 54.4 Å². The lowest BCUT2D eigenvalue weighted by Crippen LogP contribution is -2.04. The van der Waals surface area contributed by atoms with Crippen molar-refractivity contribution in [3.8, 4) is 23.5 Å². The third-order valence-corrected chi connectivity index (χ3v) is 7.95. The molecule has 0 atom stereocenters. The summed E-state index contributed by atoms with van der Waals surface area (Å²) >= 11 is 0.